The van der Waals surface area contributed by atoms with Gasteiger partial charge in [0.2, 0.25) is 5.95 Å². The van der Waals surface area contributed by atoms with Gasteiger partial charge in [0, 0.05) is 30.9 Å². The van der Waals surface area contributed by atoms with E-state index in [2.05, 4.69) is 25.6 Å². The van der Waals surface area contributed by atoms with Crippen molar-refractivity contribution in [2.75, 3.05) is 25.1 Å². The first kappa shape index (κ1) is 24.4. The molecule has 1 atom stereocenters. The summed E-state index contributed by atoms with van der Waals surface area (Å²) in [5.74, 6) is -0.324. The van der Waals surface area contributed by atoms with Crippen LogP contribution in [0.5, 0.6) is 11.5 Å². The number of carbonyl (C=O) groups excluding carboxylic acids is 2. The number of esters is 1. The van der Waals surface area contributed by atoms with Crippen molar-refractivity contribution in [3.8, 4) is 11.5 Å². The van der Waals surface area contributed by atoms with Crippen LogP contribution in [0.4, 0.5) is 5.95 Å². The van der Waals surface area contributed by atoms with Gasteiger partial charge in [-0.3, -0.25) is 14.6 Å². The Morgan fingerprint density at radius 2 is 1.91 bits per heavy atom. The molecule has 10 heteroatoms. The van der Waals surface area contributed by atoms with Crippen molar-refractivity contribution in [1.29, 1.82) is 0 Å². The summed E-state index contributed by atoms with van der Waals surface area (Å²) in [7, 11) is 0. The fraction of sp³-hybridized carbons (Fsp3) is 0.292. The number of carbonyl (C=O) groups is 2. The SMILES string of the molecule is CCCOC(=O)CC(NC(=O)c1ccc(OCCNc2ncccn2)cc1O)c1cccnc1. The molecule has 0 aliphatic rings. The third-order valence-electron chi connectivity index (χ3n) is 4.66. The molecule has 1 amide bonds. The van der Waals surface area contributed by atoms with Crippen molar-refractivity contribution >= 4 is 17.8 Å². The van der Waals surface area contributed by atoms with Crippen LogP contribution in [0, 0.1) is 0 Å². The number of aromatic hydroxyl groups is 1. The average Bonchev–Trinajstić information content (AvgIpc) is 2.86. The normalized spacial score (nSPS) is 11.3. The van der Waals surface area contributed by atoms with E-state index in [0.717, 1.165) is 0 Å². The standard InChI is InChI=1S/C24H27N5O5/c1-2-12-34-22(31)15-20(17-5-3-8-25-16-17)29-23(32)19-7-6-18(14-21(19)30)33-13-11-28-24-26-9-4-10-27-24/h3-10,14,16,20,30H,2,11-13,15H2,1H3,(H,29,32)(H,26,27,28). The zero-order chi connectivity index (χ0) is 24.2. The highest BCUT2D eigenvalue weighted by atomic mass is 16.5. The van der Waals surface area contributed by atoms with E-state index in [1.165, 1.54) is 12.1 Å². The number of phenolic OH excluding ortho intramolecular Hbond substituents is 1. The summed E-state index contributed by atoms with van der Waals surface area (Å²) in [6, 6.07) is 8.95. The van der Waals surface area contributed by atoms with Crippen LogP contribution >= 0.6 is 0 Å². The molecule has 10 nitrogen and oxygen atoms in total. The van der Waals surface area contributed by atoms with Crippen LogP contribution in [0.1, 0.15) is 41.7 Å². The van der Waals surface area contributed by atoms with Gasteiger partial charge in [-0.2, -0.15) is 0 Å². The highest BCUT2D eigenvalue weighted by Crippen LogP contribution is 2.25. The van der Waals surface area contributed by atoms with Gasteiger partial charge in [-0.25, -0.2) is 9.97 Å². The Labute approximate surface area is 197 Å². The fourth-order valence-electron chi connectivity index (χ4n) is 3.03. The predicted octanol–water partition coefficient (Wildman–Crippen LogP) is 2.88. The number of hydrogen-bond donors (Lipinski definition) is 3. The van der Waals surface area contributed by atoms with E-state index in [1.54, 1.807) is 49.1 Å². The molecule has 1 aromatic carbocycles. The first-order valence-corrected chi connectivity index (χ1v) is 10.9. The van der Waals surface area contributed by atoms with Crippen molar-refractivity contribution < 1.29 is 24.2 Å². The molecule has 0 bridgehead atoms. The molecule has 0 fully saturated rings. The quantitative estimate of drug-likeness (QED) is 0.272. The smallest absolute Gasteiger partial charge is 0.308 e. The van der Waals surface area contributed by atoms with Crippen molar-refractivity contribution in [2.45, 2.75) is 25.8 Å². The van der Waals surface area contributed by atoms with Gasteiger partial charge < -0.3 is 25.2 Å². The van der Waals surface area contributed by atoms with Gasteiger partial charge in [0.05, 0.1) is 31.2 Å². The van der Waals surface area contributed by atoms with E-state index in [1.807, 2.05) is 6.92 Å². The zero-order valence-electron chi connectivity index (χ0n) is 18.8. The summed E-state index contributed by atoms with van der Waals surface area (Å²) in [4.78, 5) is 37.2. The Morgan fingerprint density at radius 1 is 1.09 bits per heavy atom. The number of aromatic nitrogens is 3. The molecule has 178 valence electrons. The summed E-state index contributed by atoms with van der Waals surface area (Å²) >= 11 is 0. The van der Waals surface area contributed by atoms with E-state index < -0.39 is 17.9 Å². The lowest BCUT2D eigenvalue weighted by Crippen LogP contribution is -2.30. The third-order valence-corrected chi connectivity index (χ3v) is 4.66. The average molecular weight is 466 g/mol. The van der Waals surface area contributed by atoms with E-state index in [-0.39, 0.29) is 17.7 Å². The van der Waals surface area contributed by atoms with Crippen LogP contribution in [-0.4, -0.2) is 51.7 Å². The topological polar surface area (TPSA) is 136 Å². The summed E-state index contributed by atoms with van der Waals surface area (Å²) in [5.41, 5.74) is 0.706. The highest BCUT2D eigenvalue weighted by Gasteiger charge is 2.22. The zero-order valence-corrected chi connectivity index (χ0v) is 18.8. The molecular formula is C24H27N5O5. The Morgan fingerprint density at radius 3 is 2.62 bits per heavy atom. The number of benzene rings is 1. The molecule has 34 heavy (non-hydrogen) atoms. The van der Waals surface area contributed by atoms with Crippen molar-refractivity contribution in [2.24, 2.45) is 0 Å². The summed E-state index contributed by atoms with van der Waals surface area (Å²) in [6.45, 7) is 2.96. The number of anilines is 1. The van der Waals surface area contributed by atoms with Gasteiger partial charge in [-0.15, -0.1) is 0 Å². The Bertz CT molecular complexity index is 1070. The molecule has 2 aromatic heterocycles. The fourth-order valence-corrected chi connectivity index (χ4v) is 3.03. The molecular weight excluding hydrogens is 438 g/mol. The number of hydrogen-bond acceptors (Lipinski definition) is 9. The third kappa shape index (κ3) is 7.44. The Hall–Kier alpha value is -4.21. The molecule has 3 rings (SSSR count). The second-order valence-corrected chi connectivity index (χ2v) is 7.26. The largest absolute Gasteiger partial charge is 0.507 e. The maximum absolute atomic E-state index is 12.9. The molecule has 0 spiro atoms. The van der Waals surface area contributed by atoms with Gasteiger partial charge in [0.1, 0.15) is 18.1 Å². The maximum atomic E-state index is 12.9. The monoisotopic (exact) mass is 465 g/mol. The number of nitrogens with one attached hydrogen (secondary N) is 2. The summed E-state index contributed by atoms with van der Waals surface area (Å²) in [6.07, 6.45) is 7.08. The van der Waals surface area contributed by atoms with E-state index in [4.69, 9.17) is 9.47 Å². The Balaban J connectivity index is 1.59. The van der Waals surface area contributed by atoms with Gasteiger partial charge in [-0.05, 0) is 36.2 Å². The Kier molecular flexibility index (Phi) is 9.15. The lowest BCUT2D eigenvalue weighted by Gasteiger charge is -2.19. The summed E-state index contributed by atoms with van der Waals surface area (Å²) < 4.78 is 10.8. The van der Waals surface area contributed by atoms with E-state index in [0.29, 0.717) is 43.4 Å². The summed E-state index contributed by atoms with van der Waals surface area (Å²) in [5, 5.41) is 16.2. The van der Waals surface area contributed by atoms with Crippen molar-refractivity contribution in [3.63, 3.8) is 0 Å². The van der Waals surface area contributed by atoms with Crippen LogP contribution in [0.2, 0.25) is 0 Å². The minimum Gasteiger partial charge on any atom is -0.507 e. The molecule has 3 N–H and O–H groups in total. The van der Waals surface area contributed by atoms with Crippen LogP contribution in [-0.2, 0) is 9.53 Å². The highest BCUT2D eigenvalue weighted by molar-refractivity contribution is 5.97. The number of nitrogens with zero attached hydrogens (tertiary/aromatic N) is 3. The molecule has 3 aromatic rings. The molecule has 0 aliphatic carbocycles. The van der Waals surface area contributed by atoms with Crippen LogP contribution in [0.15, 0.2) is 61.2 Å². The molecule has 1 unspecified atom stereocenters. The van der Waals surface area contributed by atoms with Crippen molar-refractivity contribution in [1.82, 2.24) is 20.3 Å². The van der Waals surface area contributed by atoms with Gasteiger partial charge >= 0.3 is 5.97 Å². The molecule has 0 saturated carbocycles. The minimum atomic E-state index is -0.660. The predicted molar refractivity (Wildman–Crippen MR) is 124 cm³/mol. The van der Waals surface area contributed by atoms with Crippen LogP contribution < -0.4 is 15.4 Å². The van der Waals surface area contributed by atoms with E-state index >= 15 is 0 Å². The van der Waals surface area contributed by atoms with Crippen LogP contribution in [0.3, 0.4) is 0 Å². The van der Waals surface area contributed by atoms with Gasteiger partial charge in [-0.1, -0.05) is 13.0 Å². The molecule has 0 saturated heterocycles. The number of ether oxygens (including phenoxy) is 2. The first-order chi connectivity index (χ1) is 16.6. The van der Waals surface area contributed by atoms with Crippen LogP contribution in [0.25, 0.3) is 0 Å². The minimum absolute atomic E-state index is 0.0546. The first-order valence-electron chi connectivity index (χ1n) is 10.9. The van der Waals surface area contributed by atoms with E-state index in [9.17, 15) is 14.7 Å². The van der Waals surface area contributed by atoms with Crippen molar-refractivity contribution in [3.05, 3.63) is 72.3 Å². The molecule has 0 radical (unpaired) electrons. The molecule has 2 heterocycles. The van der Waals surface area contributed by atoms with Gasteiger partial charge in [0.25, 0.3) is 5.91 Å². The number of amides is 1. The lowest BCUT2D eigenvalue weighted by molar-refractivity contribution is -0.144. The molecule has 0 aliphatic heterocycles. The number of rotatable bonds is 12. The lowest BCUT2D eigenvalue weighted by atomic mass is 10.0. The number of pyridine rings is 1. The maximum Gasteiger partial charge on any atom is 0.308 e. The van der Waals surface area contributed by atoms with Gasteiger partial charge in [0.15, 0.2) is 0 Å². The number of phenols is 1. The second kappa shape index (κ2) is 12.7. The second-order valence-electron chi connectivity index (χ2n) is 7.26.